The summed E-state index contributed by atoms with van der Waals surface area (Å²) >= 11 is 0. The van der Waals surface area contributed by atoms with Crippen LogP contribution in [0.3, 0.4) is 0 Å². The minimum absolute atomic E-state index is 0.0500. The average Bonchev–Trinajstić information content (AvgIpc) is 2.44. The molecule has 1 aliphatic heterocycles. The fourth-order valence-electron chi connectivity index (χ4n) is 2.36. The van der Waals surface area contributed by atoms with E-state index in [1.54, 1.807) is 4.90 Å². The molecule has 1 saturated heterocycles. The van der Waals surface area contributed by atoms with Crippen molar-refractivity contribution in [2.24, 2.45) is 5.73 Å². The fourth-order valence-corrected chi connectivity index (χ4v) is 3.85. The van der Waals surface area contributed by atoms with Gasteiger partial charge in [0.25, 0.3) is 0 Å². The number of rotatable bonds is 7. The summed E-state index contributed by atoms with van der Waals surface area (Å²) in [5, 5.41) is 0. The first-order chi connectivity index (χ1) is 9.42. The minimum atomic E-state index is -3.15. The van der Waals surface area contributed by atoms with E-state index in [1.807, 2.05) is 6.92 Å². The van der Waals surface area contributed by atoms with Crippen LogP contribution in [-0.2, 0) is 14.8 Å². The molecule has 0 bridgehead atoms. The van der Waals surface area contributed by atoms with Crippen LogP contribution < -0.4 is 5.73 Å². The van der Waals surface area contributed by atoms with E-state index >= 15 is 0 Å². The molecule has 0 aromatic heterocycles. The van der Waals surface area contributed by atoms with E-state index in [-0.39, 0.29) is 11.7 Å². The predicted molar refractivity (Wildman–Crippen MR) is 79.7 cm³/mol. The molecule has 0 saturated carbocycles. The van der Waals surface area contributed by atoms with Crippen LogP contribution in [-0.4, -0.2) is 61.5 Å². The molecule has 1 fully saturated rings. The summed E-state index contributed by atoms with van der Waals surface area (Å²) in [6, 6.07) is -0.450. The number of nitrogens with zero attached hydrogens (tertiary/aromatic N) is 2. The molecule has 1 amide bonds. The van der Waals surface area contributed by atoms with Crippen molar-refractivity contribution < 1.29 is 13.2 Å². The Morgan fingerprint density at radius 3 is 2.25 bits per heavy atom. The number of hydrogen-bond donors (Lipinski definition) is 1. The highest BCUT2D eigenvalue weighted by Crippen LogP contribution is 2.11. The fraction of sp³-hybridized carbons (Fsp3) is 0.923. The Morgan fingerprint density at radius 2 is 1.75 bits per heavy atom. The normalized spacial score (nSPS) is 19.1. The second-order valence-corrected chi connectivity index (χ2v) is 7.38. The van der Waals surface area contributed by atoms with Gasteiger partial charge in [0.1, 0.15) is 0 Å². The standard InChI is InChI=1S/C13H27N3O3S/c1-3-5-6-12(14)13(17)15-7-9-16(10-8-15)20(18,19)11-4-2/h12H,3-11,14H2,1-2H3/t12-/m0/s1. The lowest BCUT2D eigenvalue weighted by molar-refractivity contribution is -0.133. The third-order valence-electron chi connectivity index (χ3n) is 3.59. The van der Waals surface area contributed by atoms with Gasteiger partial charge in [-0.3, -0.25) is 4.79 Å². The van der Waals surface area contributed by atoms with Crippen LogP contribution in [0.1, 0.15) is 39.5 Å². The Morgan fingerprint density at radius 1 is 1.15 bits per heavy atom. The number of amides is 1. The monoisotopic (exact) mass is 305 g/mol. The molecular weight excluding hydrogens is 278 g/mol. The molecule has 20 heavy (non-hydrogen) atoms. The molecular formula is C13H27N3O3S. The summed E-state index contributed by atoms with van der Waals surface area (Å²) < 4.78 is 25.4. The van der Waals surface area contributed by atoms with Crippen molar-refractivity contribution in [2.75, 3.05) is 31.9 Å². The van der Waals surface area contributed by atoms with Gasteiger partial charge in [0.05, 0.1) is 11.8 Å². The van der Waals surface area contributed by atoms with E-state index in [1.165, 1.54) is 4.31 Å². The van der Waals surface area contributed by atoms with Crippen LogP contribution in [0.25, 0.3) is 0 Å². The number of carbonyl (C=O) groups excluding carboxylic acids is 1. The first-order valence-corrected chi connectivity index (χ1v) is 9.05. The van der Waals surface area contributed by atoms with Crippen molar-refractivity contribution in [3.63, 3.8) is 0 Å². The van der Waals surface area contributed by atoms with Crippen molar-refractivity contribution in [2.45, 2.75) is 45.6 Å². The molecule has 7 heteroatoms. The quantitative estimate of drug-likeness (QED) is 0.737. The van der Waals surface area contributed by atoms with E-state index in [0.717, 1.165) is 12.8 Å². The second kappa shape index (κ2) is 7.95. The molecule has 0 unspecified atom stereocenters. The second-order valence-electron chi connectivity index (χ2n) is 5.29. The predicted octanol–water partition coefficient (Wildman–Crippen LogP) is 0.388. The SMILES string of the molecule is CCCC[C@H](N)C(=O)N1CCN(S(=O)(=O)CCC)CC1. The van der Waals surface area contributed by atoms with Gasteiger partial charge >= 0.3 is 0 Å². The van der Waals surface area contributed by atoms with E-state index in [9.17, 15) is 13.2 Å². The number of unbranched alkanes of at least 4 members (excludes halogenated alkanes) is 1. The summed E-state index contributed by atoms with van der Waals surface area (Å²) in [7, 11) is -3.15. The largest absolute Gasteiger partial charge is 0.339 e. The van der Waals surface area contributed by atoms with Gasteiger partial charge in [-0.25, -0.2) is 8.42 Å². The van der Waals surface area contributed by atoms with E-state index in [2.05, 4.69) is 6.92 Å². The lowest BCUT2D eigenvalue weighted by Gasteiger charge is -2.35. The number of carbonyl (C=O) groups is 1. The Hall–Kier alpha value is -0.660. The zero-order valence-corrected chi connectivity index (χ0v) is 13.4. The summed E-state index contributed by atoms with van der Waals surface area (Å²) in [4.78, 5) is 13.8. The summed E-state index contributed by atoms with van der Waals surface area (Å²) in [5.41, 5.74) is 5.88. The molecule has 0 aromatic carbocycles. The Kier molecular flexibility index (Phi) is 6.91. The smallest absolute Gasteiger partial charge is 0.239 e. The summed E-state index contributed by atoms with van der Waals surface area (Å²) in [5.74, 6) is 0.128. The van der Waals surface area contributed by atoms with Gasteiger partial charge in [-0.15, -0.1) is 0 Å². The molecule has 118 valence electrons. The van der Waals surface area contributed by atoms with Gasteiger partial charge in [0.2, 0.25) is 15.9 Å². The zero-order valence-electron chi connectivity index (χ0n) is 12.5. The van der Waals surface area contributed by atoms with Crippen molar-refractivity contribution in [3.05, 3.63) is 0 Å². The summed E-state index contributed by atoms with van der Waals surface area (Å²) in [6.45, 7) is 5.57. The molecule has 1 heterocycles. The highest BCUT2D eigenvalue weighted by atomic mass is 32.2. The van der Waals surface area contributed by atoms with Crippen LogP contribution in [0, 0.1) is 0 Å². The number of piperazine rings is 1. The molecule has 0 spiro atoms. The van der Waals surface area contributed by atoms with Gasteiger partial charge in [-0.2, -0.15) is 4.31 Å². The van der Waals surface area contributed by atoms with Crippen molar-refractivity contribution in [1.29, 1.82) is 0 Å². The van der Waals surface area contributed by atoms with E-state index in [4.69, 9.17) is 5.73 Å². The molecule has 2 N–H and O–H groups in total. The van der Waals surface area contributed by atoms with Crippen LogP contribution in [0.15, 0.2) is 0 Å². The van der Waals surface area contributed by atoms with Gasteiger partial charge in [0, 0.05) is 26.2 Å². The van der Waals surface area contributed by atoms with Crippen LogP contribution >= 0.6 is 0 Å². The Balaban J connectivity index is 2.48. The average molecular weight is 305 g/mol. The first kappa shape index (κ1) is 17.4. The number of nitrogens with two attached hydrogens (primary N) is 1. The molecule has 1 atom stereocenters. The minimum Gasteiger partial charge on any atom is -0.339 e. The highest BCUT2D eigenvalue weighted by molar-refractivity contribution is 7.89. The van der Waals surface area contributed by atoms with Crippen molar-refractivity contribution in [1.82, 2.24) is 9.21 Å². The molecule has 1 rings (SSSR count). The topological polar surface area (TPSA) is 83.7 Å². The molecule has 0 radical (unpaired) electrons. The molecule has 1 aliphatic rings. The summed E-state index contributed by atoms with van der Waals surface area (Å²) in [6.07, 6.45) is 3.27. The molecule has 6 nitrogen and oxygen atoms in total. The molecule has 0 aromatic rings. The van der Waals surface area contributed by atoms with Crippen LogP contribution in [0.4, 0.5) is 0 Å². The number of sulfonamides is 1. The lowest BCUT2D eigenvalue weighted by atomic mass is 10.1. The number of hydrogen-bond acceptors (Lipinski definition) is 4. The zero-order chi connectivity index (χ0) is 15.2. The Labute approximate surface area is 122 Å². The van der Waals surface area contributed by atoms with Gasteiger partial charge in [-0.05, 0) is 12.8 Å². The van der Waals surface area contributed by atoms with Crippen LogP contribution in [0.5, 0.6) is 0 Å². The third kappa shape index (κ3) is 4.71. The van der Waals surface area contributed by atoms with Crippen LogP contribution in [0.2, 0.25) is 0 Å². The van der Waals surface area contributed by atoms with Crippen molar-refractivity contribution in [3.8, 4) is 0 Å². The Bertz CT molecular complexity index is 403. The highest BCUT2D eigenvalue weighted by Gasteiger charge is 2.29. The third-order valence-corrected chi connectivity index (χ3v) is 5.67. The van der Waals surface area contributed by atoms with Gasteiger partial charge < -0.3 is 10.6 Å². The van der Waals surface area contributed by atoms with Gasteiger partial charge in [0.15, 0.2) is 0 Å². The maximum Gasteiger partial charge on any atom is 0.239 e. The lowest BCUT2D eigenvalue weighted by Crippen LogP contribution is -2.54. The van der Waals surface area contributed by atoms with Crippen molar-refractivity contribution >= 4 is 15.9 Å². The maximum absolute atomic E-state index is 12.1. The van der Waals surface area contributed by atoms with E-state index < -0.39 is 16.1 Å². The van der Waals surface area contributed by atoms with E-state index in [0.29, 0.717) is 39.0 Å². The molecule has 0 aliphatic carbocycles. The van der Waals surface area contributed by atoms with Gasteiger partial charge in [-0.1, -0.05) is 26.7 Å². The maximum atomic E-state index is 12.1. The first-order valence-electron chi connectivity index (χ1n) is 7.44.